The summed E-state index contributed by atoms with van der Waals surface area (Å²) in [7, 11) is 0. The molecule has 156 valence electrons. The molecule has 6 nitrogen and oxygen atoms in total. The van der Waals surface area contributed by atoms with Crippen LogP contribution in [0.1, 0.15) is 18.9 Å². The number of carbonyl (C=O) groups is 1. The van der Waals surface area contributed by atoms with Gasteiger partial charge < -0.3 is 10.1 Å². The molecule has 0 radical (unpaired) electrons. The first-order valence-electron chi connectivity index (χ1n) is 9.10. The number of benzene rings is 2. The van der Waals surface area contributed by atoms with E-state index in [0.717, 1.165) is 5.75 Å². The average molecular weight is 463 g/mol. The fourth-order valence-corrected chi connectivity index (χ4v) is 4.00. The minimum Gasteiger partial charge on any atom is -0.483 e. The number of hydrogen-bond acceptors (Lipinski definition) is 5. The van der Waals surface area contributed by atoms with Crippen LogP contribution >= 0.6 is 35.0 Å². The monoisotopic (exact) mass is 462 g/mol. The number of halogens is 2. The lowest BCUT2D eigenvalue weighted by Gasteiger charge is -2.15. The summed E-state index contributed by atoms with van der Waals surface area (Å²) in [5.74, 6) is 1.34. The molecule has 3 rings (SSSR count). The van der Waals surface area contributed by atoms with Gasteiger partial charge in [0.05, 0.1) is 5.75 Å². The van der Waals surface area contributed by atoms with E-state index in [1.807, 2.05) is 41.8 Å². The summed E-state index contributed by atoms with van der Waals surface area (Å²) >= 11 is 13.2. The van der Waals surface area contributed by atoms with E-state index in [9.17, 15) is 4.79 Å². The van der Waals surface area contributed by atoms with Crippen LogP contribution in [0.3, 0.4) is 0 Å². The number of nitrogens with one attached hydrogen (secondary N) is 1. The predicted molar refractivity (Wildman–Crippen MR) is 122 cm³/mol. The lowest BCUT2D eigenvalue weighted by atomic mass is 10.3. The first-order valence-corrected chi connectivity index (χ1v) is 10.8. The Morgan fingerprint density at radius 2 is 1.93 bits per heavy atom. The Hall–Kier alpha value is -2.48. The number of aromatic nitrogens is 3. The molecule has 0 aliphatic carbocycles. The van der Waals surface area contributed by atoms with Gasteiger partial charge in [0.2, 0.25) is 5.91 Å². The van der Waals surface area contributed by atoms with Gasteiger partial charge in [0.15, 0.2) is 17.1 Å². The third-order valence-corrected chi connectivity index (χ3v) is 5.36. The maximum Gasteiger partial charge on any atom is 0.234 e. The third-order valence-electron chi connectivity index (χ3n) is 3.96. The van der Waals surface area contributed by atoms with Crippen molar-refractivity contribution >= 4 is 46.6 Å². The molecule has 30 heavy (non-hydrogen) atoms. The number of para-hydroxylation sites is 1. The summed E-state index contributed by atoms with van der Waals surface area (Å²) < 4.78 is 7.84. The van der Waals surface area contributed by atoms with Gasteiger partial charge in [0.25, 0.3) is 0 Å². The summed E-state index contributed by atoms with van der Waals surface area (Å²) in [4.78, 5) is 12.3. The average Bonchev–Trinajstić information content (AvgIpc) is 3.09. The summed E-state index contributed by atoms with van der Waals surface area (Å²) in [6.45, 7) is 6.20. The number of nitrogens with zero attached hydrogens (tertiary/aromatic N) is 3. The van der Waals surface area contributed by atoms with Gasteiger partial charge in [-0.25, -0.2) is 0 Å². The van der Waals surface area contributed by atoms with Crippen molar-refractivity contribution in [3.63, 3.8) is 0 Å². The van der Waals surface area contributed by atoms with Gasteiger partial charge in [-0.2, -0.15) is 0 Å². The standard InChI is InChI=1S/C21H20Cl2N4O2S/c1-3-9-27-20(14(2)29-18-7-5-4-6-8-18)25-26-21(27)30-13-19(28)24-17-11-15(22)10-16(23)12-17/h3-8,10-12,14H,1,9,13H2,2H3,(H,24,28). The van der Waals surface area contributed by atoms with E-state index < -0.39 is 0 Å². The van der Waals surface area contributed by atoms with Crippen molar-refractivity contribution < 1.29 is 9.53 Å². The van der Waals surface area contributed by atoms with E-state index >= 15 is 0 Å². The van der Waals surface area contributed by atoms with Crippen molar-refractivity contribution in [3.8, 4) is 5.75 Å². The molecule has 0 saturated carbocycles. The second kappa shape index (κ2) is 10.5. The van der Waals surface area contributed by atoms with Crippen LogP contribution in [0.15, 0.2) is 66.3 Å². The molecule has 1 heterocycles. The van der Waals surface area contributed by atoms with Crippen LogP contribution in [-0.4, -0.2) is 26.4 Å². The fourth-order valence-electron chi connectivity index (χ4n) is 2.72. The predicted octanol–water partition coefficient (Wildman–Crippen LogP) is 5.64. The fraction of sp³-hybridized carbons (Fsp3) is 0.190. The topological polar surface area (TPSA) is 69.0 Å². The quantitative estimate of drug-likeness (QED) is 0.329. The number of carbonyl (C=O) groups excluding carboxylic acids is 1. The Bertz CT molecular complexity index is 1010. The van der Waals surface area contributed by atoms with Crippen molar-refractivity contribution in [3.05, 3.63) is 77.1 Å². The molecule has 9 heteroatoms. The van der Waals surface area contributed by atoms with Crippen molar-refractivity contribution in [1.82, 2.24) is 14.8 Å². The zero-order chi connectivity index (χ0) is 21.5. The van der Waals surface area contributed by atoms with Crippen LogP contribution in [0.4, 0.5) is 5.69 Å². The second-order valence-electron chi connectivity index (χ2n) is 6.31. The zero-order valence-corrected chi connectivity index (χ0v) is 18.5. The first kappa shape index (κ1) is 22.2. The highest BCUT2D eigenvalue weighted by Crippen LogP contribution is 2.26. The zero-order valence-electron chi connectivity index (χ0n) is 16.2. The summed E-state index contributed by atoms with van der Waals surface area (Å²) in [5.41, 5.74) is 0.538. The van der Waals surface area contributed by atoms with E-state index in [0.29, 0.717) is 33.3 Å². The Labute approximate surface area is 189 Å². The molecular formula is C21H20Cl2N4O2S. The minimum absolute atomic E-state index is 0.146. The van der Waals surface area contributed by atoms with Gasteiger partial charge in [-0.1, -0.05) is 59.2 Å². The molecule has 1 aromatic heterocycles. The smallest absolute Gasteiger partial charge is 0.234 e. The molecule has 0 aliphatic heterocycles. The maximum absolute atomic E-state index is 12.3. The molecule has 1 amide bonds. The van der Waals surface area contributed by atoms with Gasteiger partial charge >= 0.3 is 0 Å². The van der Waals surface area contributed by atoms with Crippen molar-refractivity contribution in [2.45, 2.75) is 24.7 Å². The number of thioether (sulfide) groups is 1. The highest BCUT2D eigenvalue weighted by Gasteiger charge is 2.19. The molecule has 3 aromatic rings. The number of hydrogen-bond donors (Lipinski definition) is 1. The van der Waals surface area contributed by atoms with Gasteiger partial charge in [-0.3, -0.25) is 9.36 Å². The summed E-state index contributed by atoms with van der Waals surface area (Å²) in [6.07, 6.45) is 1.43. The summed E-state index contributed by atoms with van der Waals surface area (Å²) in [5, 5.41) is 12.8. The summed E-state index contributed by atoms with van der Waals surface area (Å²) in [6, 6.07) is 14.4. The number of amides is 1. The molecule has 0 saturated heterocycles. The number of rotatable bonds is 9. The van der Waals surface area contributed by atoms with Crippen molar-refractivity contribution in [1.29, 1.82) is 0 Å². The van der Waals surface area contributed by atoms with Crippen LogP contribution in [0.2, 0.25) is 10.0 Å². The Morgan fingerprint density at radius 3 is 2.60 bits per heavy atom. The molecule has 1 atom stereocenters. The second-order valence-corrected chi connectivity index (χ2v) is 8.12. The largest absolute Gasteiger partial charge is 0.483 e. The third kappa shape index (κ3) is 6.01. The van der Waals surface area contributed by atoms with Gasteiger partial charge in [-0.15, -0.1) is 16.8 Å². The molecule has 0 bridgehead atoms. The van der Waals surface area contributed by atoms with Crippen LogP contribution in [0.5, 0.6) is 5.75 Å². The van der Waals surface area contributed by atoms with E-state index in [4.69, 9.17) is 27.9 Å². The molecule has 0 spiro atoms. The lowest BCUT2D eigenvalue weighted by molar-refractivity contribution is -0.113. The van der Waals surface area contributed by atoms with Gasteiger partial charge in [0.1, 0.15) is 5.75 Å². The normalized spacial score (nSPS) is 11.7. The van der Waals surface area contributed by atoms with Gasteiger partial charge in [0, 0.05) is 22.3 Å². The lowest BCUT2D eigenvalue weighted by Crippen LogP contribution is -2.15. The van der Waals surface area contributed by atoms with Crippen LogP contribution < -0.4 is 10.1 Å². The van der Waals surface area contributed by atoms with Crippen LogP contribution in [0, 0.1) is 0 Å². The highest BCUT2D eigenvalue weighted by atomic mass is 35.5. The molecular weight excluding hydrogens is 443 g/mol. The highest BCUT2D eigenvalue weighted by molar-refractivity contribution is 7.99. The molecule has 0 aliphatic rings. The Balaban J connectivity index is 1.66. The van der Waals surface area contributed by atoms with Crippen molar-refractivity contribution in [2.75, 3.05) is 11.1 Å². The molecule has 2 aromatic carbocycles. The van der Waals surface area contributed by atoms with E-state index in [-0.39, 0.29) is 17.8 Å². The molecule has 1 N–H and O–H groups in total. The number of anilines is 1. The van der Waals surface area contributed by atoms with Crippen molar-refractivity contribution in [2.24, 2.45) is 0 Å². The van der Waals surface area contributed by atoms with Gasteiger partial charge in [-0.05, 0) is 37.3 Å². The SMILES string of the molecule is C=CCn1c(SCC(=O)Nc2cc(Cl)cc(Cl)c2)nnc1C(C)Oc1ccccc1. The van der Waals surface area contributed by atoms with Crippen LogP contribution in [0.25, 0.3) is 0 Å². The minimum atomic E-state index is -0.323. The Kier molecular flexibility index (Phi) is 7.79. The number of ether oxygens (including phenoxy) is 1. The van der Waals surface area contributed by atoms with E-state index in [1.165, 1.54) is 11.8 Å². The van der Waals surface area contributed by atoms with Crippen LogP contribution in [-0.2, 0) is 11.3 Å². The molecule has 1 unspecified atom stereocenters. The Morgan fingerprint density at radius 1 is 1.23 bits per heavy atom. The molecule has 0 fully saturated rings. The van der Waals surface area contributed by atoms with E-state index in [1.54, 1.807) is 24.3 Å². The maximum atomic E-state index is 12.3. The first-order chi connectivity index (χ1) is 14.5. The van der Waals surface area contributed by atoms with E-state index in [2.05, 4.69) is 22.1 Å². The number of allylic oxidation sites excluding steroid dienone is 1.